The van der Waals surface area contributed by atoms with Crippen LogP contribution in [0.25, 0.3) is 6.08 Å². The minimum Gasteiger partial charge on any atom is -0.321 e. The smallest absolute Gasteiger partial charge is 0.248 e. The van der Waals surface area contributed by atoms with E-state index in [1.165, 1.54) is 6.08 Å². The lowest BCUT2D eigenvalue weighted by atomic mass is 10.2. The zero-order valence-corrected chi connectivity index (χ0v) is 15.0. The quantitative estimate of drug-likeness (QED) is 0.479. The molecule has 0 aliphatic rings. The SMILES string of the molecule is Cc1nn(C)c(Cl)c1/C=C/C(=O)Nc1ccccc1SCCC#N. The van der Waals surface area contributed by atoms with Crippen LogP contribution < -0.4 is 5.32 Å². The lowest BCUT2D eigenvalue weighted by Gasteiger charge is -2.08. The second-order valence-corrected chi connectivity index (χ2v) is 6.48. The first-order chi connectivity index (χ1) is 11.5. The van der Waals surface area contributed by atoms with Crippen molar-refractivity contribution in [1.82, 2.24) is 9.78 Å². The fourth-order valence-electron chi connectivity index (χ4n) is 2.07. The number of amides is 1. The molecule has 2 aromatic rings. The molecule has 0 saturated heterocycles. The Bertz CT molecular complexity index is 807. The Morgan fingerprint density at radius 3 is 2.92 bits per heavy atom. The van der Waals surface area contributed by atoms with E-state index in [0.29, 0.717) is 17.3 Å². The molecule has 0 atom stereocenters. The van der Waals surface area contributed by atoms with E-state index >= 15 is 0 Å². The number of anilines is 1. The van der Waals surface area contributed by atoms with Gasteiger partial charge in [-0.2, -0.15) is 10.4 Å². The summed E-state index contributed by atoms with van der Waals surface area (Å²) in [4.78, 5) is 13.1. The molecule has 1 N–H and O–H groups in total. The minimum atomic E-state index is -0.248. The lowest BCUT2D eigenvalue weighted by Crippen LogP contribution is -2.08. The molecule has 2 rings (SSSR count). The molecule has 0 saturated carbocycles. The van der Waals surface area contributed by atoms with Gasteiger partial charge in [-0.05, 0) is 25.1 Å². The van der Waals surface area contributed by atoms with Gasteiger partial charge in [-0.1, -0.05) is 23.7 Å². The second-order valence-electron chi connectivity index (χ2n) is 4.99. The molecule has 1 amide bonds. The van der Waals surface area contributed by atoms with Crippen LogP contribution in [-0.4, -0.2) is 21.4 Å². The number of thioether (sulfide) groups is 1. The van der Waals surface area contributed by atoms with E-state index in [0.717, 1.165) is 21.8 Å². The predicted molar refractivity (Wildman–Crippen MR) is 98.0 cm³/mol. The van der Waals surface area contributed by atoms with E-state index in [2.05, 4.69) is 16.5 Å². The van der Waals surface area contributed by atoms with Crippen molar-refractivity contribution in [3.05, 3.63) is 46.8 Å². The van der Waals surface area contributed by atoms with Crippen molar-refractivity contribution in [2.24, 2.45) is 7.05 Å². The summed E-state index contributed by atoms with van der Waals surface area (Å²) in [5.41, 5.74) is 2.22. The molecular formula is C17H17ClN4OS. The van der Waals surface area contributed by atoms with Crippen molar-refractivity contribution < 1.29 is 4.79 Å². The van der Waals surface area contributed by atoms with Crippen molar-refractivity contribution in [2.45, 2.75) is 18.2 Å². The van der Waals surface area contributed by atoms with E-state index in [4.69, 9.17) is 16.9 Å². The molecule has 1 heterocycles. The number of aryl methyl sites for hydroxylation is 2. The molecule has 0 aliphatic carbocycles. The molecule has 124 valence electrons. The standard InChI is InChI=1S/C17H17ClN4OS/c1-12-13(17(18)22(2)21-12)8-9-16(23)20-14-6-3-4-7-15(14)24-11-5-10-19/h3-4,6-9H,5,11H2,1-2H3,(H,20,23)/b9-8+. The number of hydrogen-bond donors (Lipinski definition) is 1. The molecule has 0 aliphatic heterocycles. The highest BCUT2D eigenvalue weighted by Crippen LogP contribution is 2.27. The Balaban J connectivity index is 2.07. The summed E-state index contributed by atoms with van der Waals surface area (Å²) in [6.45, 7) is 1.84. The van der Waals surface area contributed by atoms with E-state index < -0.39 is 0 Å². The maximum Gasteiger partial charge on any atom is 0.248 e. The molecule has 24 heavy (non-hydrogen) atoms. The lowest BCUT2D eigenvalue weighted by molar-refractivity contribution is -0.111. The Morgan fingerprint density at radius 1 is 1.50 bits per heavy atom. The summed E-state index contributed by atoms with van der Waals surface area (Å²) in [7, 11) is 1.75. The second kappa shape index (κ2) is 8.57. The Hall–Kier alpha value is -2.23. The van der Waals surface area contributed by atoms with Crippen LogP contribution in [0, 0.1) is 18.3 Å². The number of halogens is 1. The van der Waals surface area contributed by atoms with Gasteiger partial charge in [0.1, 0.15) is 5.15 Å². The Labute approximate surface area is 150 Å². The number of aromatic nitrogens is 2. The molecule has 0 radical (unpaired) electrons. The highest BCUT2D eigenvalue weighted by atomic mass is 35.5. The zero-order valence-electron chi connectivity index (χ0n) is 13.4. The van der Waals surface area contributed by atoms with Crippen molar-refractivity contribution in [2.75, 3.05) is 11.1 Å². The Kier molecular flexibility index (Phi) is 6.47. The molecule has 1 aromatic carbocycles. The van der Waals surface area contributed by atoms with Crippen LogP contribution in [0.1, 0.15) is 17.7 Å². The topological polar surface area (TPSA) is 70.7 Å². The van der Waals surface area contributed by atoms with Gasteiger partial charge in [0.25, 0.3) is 0 Å². The highest BCUT2D eigenvalue weighted by Gasteiger charge is 2.09. The number of benzene rings is 1. The maximum absolute atomic E-state index is 12.2. The van der Waals surface area contributed by atoms with Crippen LogP contribution in [0.5, 0.6) is 0 Å². The van der Waals surface area contributed by atoms with Crippen molar-refractivity contribution in [3.63, 3.8) is 0 Å². The summed E-state index contributed by atoms with van der Waals surface area (Å²) in [5.74, 6) is 0.437. The number of carbonyl (C=O) groups is 1. The van der Waals surface area contributed by atoms with E-state index in [1.54, 1.807) is 29.6 Å². The average Bonchev–Trinajstić information content (AvgIpc) is 2.80. The molecule has 5 nitrogen and oxygen atoms in total. The number of para-hydroxylation sites is 1. The van der Waals surface area contributed by atoms with Gasteiger partial charge in [0.05, 0.1) is 17.5 Å². The number of carbonyl (C=O) groups excluding carboxylic acids is 1. The Morgan fingerprint density at radius 2 is 2.25 bits per heavy atom. The average molecular weight is 361 g/mol. The van der Waals surface area contributed by atoms with Gasteiger partial charge in [-0.15, -0.1) is 11.8 Å². The summed E-state index contributed by atoms with van der Waals surface area (Å²) in [5, 5.41) is 16.2. The third kappa shape index (κ3) is 4.63. The summed E-state index contributed by atoms with van der Waals surface area (Å²) >= 11 is 7.68. The fraction of sp³-hybridized carbons (Fsp3) is 0.235. The fourth-order valence-corrected chi connectivity index (χ4v) is 3.17. The van der Waals surface area contributed by atoms with Gasteiger partial charge in [-0.3, -0.25) is 9.48 Å². The van der Waals surface area contributed by atoms with Crippen molar-refractivity contribution >= 4 is 41.0 Å². The molecular weight excluding hydrogens is 344 g/mol. The van der Waals surface area contributed by atoms with E-state index in [9.17, 15) is 4.79 Å². The molecule has 0 fully saturated rings. The van der Waals surface area contributed by atoms with Gasteiger partial charge >= 0.3 is 0 Å². The molecule has 1 aromatic heterocycles. The van der Waals surface area contributed by atoms with Crippen LogP contribution >= 0.6 is 23.4 Å². The van der Waals surface area contributed by atoms with Crippen LogP contribution in [0.3, 0.4) is 0 Å². The van der Waals surface area contributed by atoms with Crippen LogP contribution in [0.15, 0.2) is 35.2 Å². The highest BCUT2D eigenvalue weighted by molar-refractivity contribution is 7.99. The van der Waals surface area contributed by atoms with Crippen LogP contribution in [-0.2, 0) is 11.8 Å². The van der Waals surface area contributed by atoms with Gasteiger partial charge < -0.3 is 5.32 Å². The molecule has 0 bridgehead atoms. The third-order valence-electron chi connectivity index (χ3n) is 3.21. The van der Waals surface area contributed by atoms with Gasteiger partial charge in [0, 0.05) is 35.8 Å². The molecule has 7 heteroatoms. The van der Waals surface area contributed by atoms with Gasteiger partial charge in [0.15, 0.2) is 0 Å². The zero-order chi connectivity index (χ0) is 17.5. The van der Waals surface area contributed by atoms with Crippen LogP contribution in [0.4, 0.5) is 5.69 Å². The molecule has 0 spiro atoms. The van der Waals surface area contributed by atoms with E-state index in [-0.39, 0.29) is 5.91 Å². The van der Waals surface area contributed by atoms with E-state index in [1.807, 2.05) is 31.2 Å². The number of nitrogens with one attached hydrogen (secondary N) is 1. The van der Waals surface area contributed by atoms with Gasteiger partial charge in [-0.25, -0.2) is 0 Å². The van der Waals surface area contributed by atoms with Crippen LogP contribution in [0.2, 0.25) is 5.15 Å². The largest absolute Gasteiger partial charge is 0.321 e. The first-order valence-corrected chi connectivity index (χ1v) is 8.66. The number of hydrogen-bond acceptors (Lipinski definition) is 4. The third-order valence-corrected chi connectivity index (χ3v) is 4.74. The summed E-state index contributed by atoms with van der Waals surface area (Å²) < 4.78 is 1.57. The summed E-state index contributed by atoms with van der Waals surface area (Å²) in [6.07, 6.45) is 3.56. The van der Waals surface area contributed by atoms with Crippen molar-refractivity contribution in [3.8, 4) is 6.07 Å². The summed E-state index contributed by atoms with van der Waals surface area (Å²) in [6, 6.07) is 9.62. The first-order valence-electron chi connectivity index (χ1n) is 7.30. The van der Waals surface area contributed by atoms with Crippen molar-refractivity contribution in [1.29, 1.82) is 5.26 Å². The van der Waals surface area contributed by atoms with Gasteiger partial charge in [0.2, 0.25) is 5.91 Å². The molecule has 0 unspecified atom stereocenters. The maximum atomic E-state index is 12.2. The minimum absolute atomic E-state index is 0.248. The first kappa shape index (κ1) is 18.1. The monoisotopic (exact) mass is 360 g/mol. The normalized spacial score (nSPS) is 10.8. The number of nitrogens with zero attached hydrogens (tertiary/aromatic N) is 3. The number of nitriles is 1. The predicted octanol–water partition coefficient (Wildman–Crippen LogP) is 4.04. The number of rotatable bonds is 6.